The number of hydrogen-bond donors (Lipinski definition) is 1. The van der Waals surface area contributed by atoms with E-state index in [0.29, 0.717) is 4.99 Å². The van der Waals surface area contributed by atoms with Gasteiger partial charge in [0.05, 0.1) is 10.5 Å². The Bertz CT molecular complexity index is 476. The summed E-state index contributed by atoms with van der Waals surface area (Å²) in [6.07, 6.45) is 0. The van der Waals surface area contributed by atoms with E-state index >= 15 is 0 Å². The fourth-order valence-electron chi connectivity index (χ4n) is 2.69. The third-order valence-corrected chi connectivity index (χ3v) is 4.75. The van der Waals surface area contributed by atoms with Crippen LogP contribution in [0, 0.1) is 6.92 Å². The molecule has 0 spiro atoms. The molecule has 4 heteroatoms. The highest BCUT2D eigenvalue weighted by molar-refractivity contribution is 7.80. The van der Waals surface area contributed by atoms with Crippen LogP contribution in [0.25, 0.3) is 0 Å². The van der Waals surface area contributed by atoms with Crippen LogP contribution in [0.15, 0.2) is 24.3 Å². The first kappa shape index (κ1) is 15.4. The quantitative estimate of drug-likeness (QED) is 0.862. The predicted molar refractivity (Wildman–Crippen MR) is 88.9 cm³/mol. The van der Waals surface area contributed by atoms with E-state index in [1.54, 1.807) is 0 Å². The summed E-state index contributed by atoms with van der Waals surface area (Å²) in [4.78, 5) is 5.48. The fraction of sp³-hybridized carbons (Fsp3) is 0.562. The highest BCUT2D eigenvalue weighted by atomic mass is 32.1. The van der Waals surface area contributed by atoms with Gasteiger partial charge in [0.15, 0.2) is 0 Å². The van der Waals surface area contributed by atoms with Crippen LogP contribution in [0.4, 0.5) is 0 Å². The van der Waals surface area contributed by atoms with Crippen molar-refractivity contribution in [3.05, 3.63) is 35.4 Å². The Balaban J connectivity index is 1.90. The minimum atomic E-state index is -0.176. The van der Waals surface area contributed by atoms with Gasteiger partial charge in [-0.2, -0.15) is 0 Å². The Morgan fingerprint density at radius 1 is 1.25 bits per heavy atom. The number of thiocarbonyl (C=S) groups is 1. The van der Waals surface area contributed by atoms with Crippen molar-refractivity contribution in [2.45, 2.75) is 32.9 Å². The second-order valence-electron chi connectivity index (χ2n) is 6.18. The van der Waals surface area contributed by atoms with E-state index in [4.69, 9.17) is 18.0 Å². The molecule has 0 aromatic heterocycles. The van der Waals surface area contributed by atoms with Crippen molar-refractivity contribution in [3.63, 3.8) is 0 Å². The summed E-state index contributed by atoms with van der Waals surface area (Å²) in [6, 6.07) is 8.76. The topological polar surface area (TPSA) is 32.5 Å². The van der Waals surface area contributed by atoms with Crippen molar-refractivity contribution >= 4 is 17.2 Å². The van der Waals surface area contributed by atoms with Gasteiger partial charge >= 0.3 is 0 Å². The van der Waals surface area contributed by atoms with E-state index in [1.807, 2.05) is 0 Å². The van der Waals surface area contributed by atoms with Gasteiger partial charge in [-0.15, -0.1) is 0 Å². The molecule has 0 radical (unpaired) electrons. The maximum absolute atomic E-state index is 5.85. The number of hydrogen-bond acceptors (Lipinski definition) is 3. The largest absolute Gasteiger partial charge is 0.392 e. The average molecular weight is 291 g/mol. The number of nitrogens with zero attached hydrogens (tertiary/aromatic N) is 2. The summed E-state index contributed by atoms with van der Waals surface area (Å²) < 4.78 is 0. The Morgan fingerprint density at radius 2 is 1.90 bits per heavy atom. The predicted octanol–water partition coefficient (Wildman–Crippen LogP) is 2.18. The number of benzene rings is 1. The van der Waals surface area contributed by atoms with Crippen molar-refractivity contribution in [1.82, 2.24) is 9.80 Å². The molecule has 0 amide bonds. The Labute approximate surface area is 127 Å². The molecule has 0 atom stereocenters. The summed E-state index contributed by atoms with van der Waals surface area (Å²) in [5, 5.41) is 0. The number of aryl methyl sites for hydroxylation is 1. The highest BCUT2D eigenvalue weighted by Gasteiger charge is 2.32. The second kappa shape index (κ2) is 6.20. The zero-order chi connectivity index (χ0) is 14.8. The lowest BCUT2D eigenvalue weighted by molar-refractivity contribution is 0.0821. The van der Waals surface area contributed by atoms with Gasteiger partial charge in [0.1, 0.15) is 0 Å². The molecule has 0 saturated carbocycles. The molecular weight excluding hydrogens is 266 g/mol. The maximum atomic E-state index is 5.85. The van der Waals surface area contributed by atoms with Crippen molar-refractivity contribution in [2.24, 2.45) is 5.73 Å². The smallest absolute Gasteiger partial charge is 0.0928 e. The molecular formula is C16H25N3S. The molecule has 1 fully saturated rings. The van der Waals surface area contributed by atoms with E-state index < -0.39 is 0 Å². The van der Waals surface area contributed by atoms with Crippen molar-refractivity contribution < 1.29 is 0 Å². The molecule has 0 bridgehead atoms. The van der Waals surface area contributed by atoms with Crippen LogP contribution in [0.2, 0.25) is 0 Å². The first-order valence-corrected chi connectivity index (χ1v) is 7.63. The normalized spacial score (nSPS) is 18.1. The lowest BCUT2D eigenvalue weighted by atomic mass is 10.0. The Morgan fingerprint density at radius 3 is 2.45 bits per heavy atom. The molecule has 1 heterocycles. The van der Waals surface area contributed by atoms with Crippen LogP contribution in [0.3, 0.4) is 0 Å². The molecule has 1 aliphatic rings. The van der Waals surface area contributed by atoms with Crippen molar-refractivity contribution in [1.29, 1.82) is 0 Å². The minimum absolute atomic E-state index is 0.176. The van der Waals surface area contributed by atoms with Crippen LogP contribution in [0.5, 0.6) is 0 Å². The van der Waals surface area contributed by atoms with Gasteiger partial charge in [-0.25, -0.2) is 0 Å². The van der Waals surface area contributed by atoms with E-state index in [0.717, 1.165) is 32.7 Å². The van der Waals surface area contributed by atoms with Gasteiger partial charge in [0, 0.05) is 32.7 Å². The third-order valence-electron chi connectivity index (χ3n) is 4.25. The molecule has 1 saturated heterocycles. The van der Waals surface area contributed by atoms with Crippen LogP contribution >= 0.6 is 12.2 Å². The molecule has 1 aromatic rings. The van der Waals surface area contributed by atoms with Gasteiger partial charge < -0.3 is 5.73 Å². The molecule has 1 aromatic carbocycles. The number of nitrogens with two attached hydrogens (primary N) is 1. The lowest BCUT2D eigenvalue weighted by Gasteiger charge is -2.43. The first-order chi connectivity index (χ1) is 9.39. The van der Waals surface area contributed by atoms with Crippen molar-refractivity contribution in [2.75, 3.05) is 26.2 Å². The van der Waals surface area contributed by atoms with Gasteiger partial charge in [0.2, 0.25) is 0 Å². The summed E-state index contributed by atoms with van der Waals surface area (Å²) in [6.45, 7) is 11.6. The summed E-state index contributed by atoms with van der Waals surface area (Å²) >= 11 is 5.18. The van der Waals surface area contributed by atoms with Crippen molar-refractivity contribution in [3.8, 4) is 0 Å². The van der Waals surface area contributed by atoms with Crippen LogP contribution in [0.1, 0.15) is 25.0 Å². The number of piperazine rings is 1. The van der Waals surface area contributed by atoms with E-state index in [9.17, 15) is 0 Å². The zero-order valence-electron chi connectivity index (χ0n) is 12.7. The monoisotopic (exact) mass is 291 g/mol. The van der Waals surface area contributed by atoms with Gasteiger partial charge in [-0.3, -0.25) is 9.80 Å². The molecule has 2 rings (SSSR count). The van der Waals surface area contributed by atoms with Gasteiger partial charge in [0.25, 0.3) is 0 Å². The zero-order valence-corrected chi connectivity index (χ0v) is 13.5. The first-order valence-electron chi connectivity index (χ1n) is 7.22. The molecule has 3 nitrogen and oxygen atoms in total. The van der Waals surface area contributed by atoms with Gasteiger partial charge in [-0.05, 0) is 26.3 Å². The standard InChI is InChI=1S/C16H25N3S/c1-13-5-4-6-14(11-13)12-18-7-9-19(10-8-18)16(2,3)15(17)20/h4-6,11H,7-10,12H2,1-3H3,(H2,17,20). The van der Waals surface area contributed by atoms with E-state index in [1.165, 1.54) is 11.1 Å². The highest BCUT2D eigenvalue weighted by Crippen LogP contribution is 2.18. The lowest BCUT2D eigenvalue weighted by Crippen LogP contribution is -2.59. The molecule has 0 unspecified atom stereocenters. The van der Waals surface area contributed by atoms with E-state index in [-0.39, 0.29) is 5.54 Å². The molecule has 20 heavy (non-hydrogen) atoms. The summed E-state index contributed by atoms with van der Waals surface area (Å²) in [5.41, 5.74) is 8.40. The molecule has 1 aliphatic heterocycles. The Kier molecular flexibility index (Phi) is 4.78. The Hall–Kier alpha value is -0.970. The van der Waals surface area contributed by atoms with E-state index in [2.05, 4.69) is 54.8 Å². The summed E-state index contributed by atoms with van der Waals surface area (Å²) in [7, 11) is 0. The van der Waals surface area contributed by atoms with Crippen LogP contribution in [-0.4, -0.2) is 46.5 Å². The third kappa shape index (κ3) is 3.57. The fourth-order valence-corrected chi connectivity index (χ4v) is 2.82. The second-order valence-corrected chi connectivity index (χ2v) is 6.62. The number of rotatable bonds is 4. The summed E-state index contributed by atoms with van der Waals surface area (Å²) in [5.74, 6) is 0. The van der Waals surface area contributed by atoms with Crippen LogP contribution in [-0.2, 0) is 6.54 Å². The molecule has 110 valence electrons. The minimum Gasteiger partial charge on any atom is -0.392 e. The van der Waals surface area contributed by atoms with Gasteiger partial charge in [-0.1, -0.05) is 42.0 Å². The average Bonchev–Trinajstić information content (AvgIpc) is 2.39. The molecule has 2 N–H and O–H groups in total. The van der Waals surface area contributed by atoms with Crippen LogP contribution < -0.4 is 5.73 Å². The molecule has 0 aliphatic carbocycles. The maximum Gasteiger partial charge on any atom is 0.0928 e. The SMILES string of the molecule is Cc1cccc(CN2CCN(C(C)(C)C(N)=S)CC2)c1.